The molecule has 2 heterocycles. The molecule has 1 N–H and O–H groups in total. The first-order valence-corrected chi connectivity index (χ1v) is 8.12. The number of carbonyl (C=O) groups excluding carboxylic acids is 2. The molecular weight excluding hydrogens is 320 g/mol. The second-order valence-electron chi connectivity index (χ2n) is 6.51. The average molecular weight is 340 g/mol. The molecule has 0 unspecified atom stereocenters. The number of rotatable bonds is 4. The quantitative estimate of drug-likeness (QED) is 0.919. The summed E-state index contributed by atoms with van der Waals surface area (Å²) in [4.78, 5) is 26.0. The minimum atomic E-state index is -0.726. The van der Waals surface area contributed by atoms with Crippen molar-refractivity contribution in [2.45, 2.75) is 39.7 Å². The van der Waals surface area contributed by atoms with Gasteiger partial charge in [0.15, 0.2) is 17.4 Å². The molecule has 1 aliphatic heterocycles. The van der Waals surface area contributed by atoms with Gasteiger partial charge < -0.3 is 9.63 Å². The molecule has 2 aromatic rings. The number of carbonyl (C=O) groups is 2. The highest BCUT2D eigenvalue weighted by Gasteiger charge is 2.44. The molecule has 1 aromatic heterocycles. The lowest BCUT2D eigenvalue weighted by Gasteiger charge is -2.24. The second kappa shape index (κ2) is 6.20. The van der Waals surface area contributed by atoms with Gasteiger partial charge in [-0.05, 0) is 30.9 Å². The van der Waals surface area contributed by atoms with Crippen LogP contribution in [0.15, 0.2) is 46.2 Å². The van der Waals surface area contributed by atoms with Crippen LogP contribution in [0.25, 0.3) is 0 Å². The third kappa shape index (κ3) is 2.84. The molecule has 0 saturated carbocycles. The van der Waals surface area contributed by atoms with Gasteiger partial charge in [-0.25, -0.2) is 0 Å². The zero-order valence-corrected chi connectivity index (χ0v) is 14.6. The maximum Gasteiger partial charge on any atom is 0.295 e. The fraction of sp³-hybridized carbons (Fsp3) is 0.316. The van der Waals surface area contributed by atoms with Gasteiger partial charge in [0.05, 0.1) is 11.6 Å². The number of aliphatic hydroxyl groups excluding tert-OH is 1. The number of amides is 1. The van der Waals surface area contributed by atoms with E-state index in [2.05, 4.69) is 19.0 Å². The number of ketones is 1. The van der Waals surface area contributed by atoms with E-state index in [1.165, 1.54) is 11.8 Å². The van der Waals surface area contributed by atoms with Crippen LogP contribution in [0.3, 0.4) is 0 Å². The van der Waals surface area contributed by atoms with Crippen LogP contribution in [-0.4, -0.2) is 22.0 Å². The SMILES string of the molecule is CC(=O)C1=C(O)C(=O)N(c2cc(C)on2)[C@@H]1c1ccc(C(C)C)cc1. The Labute approximate surface area is 145 Å². The maximum atomic E-state index is 12.6. The number of anilines is 1. The summed E-state index contributed by atoms with van der Waals surface area (Å²) >= 11 is 0. The van der Waals surface area contributed by atoms with E-state index >= 15 is 0 Å². The lowest BCUT2D eigenvalue weighted by molar-refractivity contribution is -0.117. The Kier molecular flexibility index (Phi) is 4.20. The molecule has 0 fully saturated rings. The Morgan fingerprint density at radius 2 is 1.92 bits per heavy atom. The van der Waals surface area contributed by atoms with E-state index < -0.39 is 17.7 Å². The van der Waals surface area contributed by atoms with Crippen LogP contribution in [0.1, 0.15) is 49.6 Å². The van der Waals surface area contributed by atoms with E-state index in [1.807, 2.05) is 24.3 Å². The van der Waals surface area contributed by atoms with Crippen molar-refractivity contribution < 1.29 is 19.2 Å². The molecule has 0 radical (unpaired) electrons. The number of Topliss-reactive ketones (excluding diaryl/α,β-unsaturated/α-hetero) is 1. The van der Waals surface area contributed by atoms with Gasteiger partial charge in [0.2, 0.25) is 0 Å². The van der Waals surface area contributed by atoms with Gasteiger partial charge in [-0.1, -0.05) is 43.3 Å². The summed E-state index contributed by atoms with van der Waals surface area (Å²) in [6.07, 6.45) is 0. The Morgan fingerprint density at radius 1 is 1.28 bits per heavy atom. The fourth-order valence-corrected chi connectivity index (χ4v) is 3.05. The highest BCUT2D eigenvalue weighted by molar-refractivity contribution is 6.15. The summed E-state index contributed by atoms with van der Waals surface area (Å²) in [6, 6.07) is 8.54. The number of aliphatic hydroxyl groups is 1. The molecule has 0 bridgehead atoms. The largest absolute Gasteiger partial charge is 0.503 e. The van der Waals surface area contributed by atoms with Crippen LogP contribution in [0.2, 0.25) is 0 Å². The summed E-state index contributed by atoms with van der Waals surface area (Å²) in [7, 11) is 0. The first kappa shape index (κ1) is 17.0. The zero-order valence-electron chi connectivity index (χ0n) is 14.6. The molecule has 0 spiro atoms. The molecule has 3 rings (SSSR count). The van der Waals surface area contributed by atoms with Crippen LogP contribution >= 0.6 is 0 Å². The topological polar surface area (TPSA) is 83.6 Å². The number of nitrogens with zero attached hydrogens (tertiary/aromatic N) is 2. The Hall–Kier alpha value is -2.89. The van der Waals surface area contributed by atoms with E-state index in [0.29, 0.717) is 11.7 Å². The monoisotopic (exact) mass is 340 g/mol. The van der Waals surface area contributed by atoms with E-state index in [4.69, 9.17) is 4.52 Å². The van der Waals surface area contributed by atoms with Crippen molar-refractivity contribution in [3.63, 3.8) is 0 Å². The highest BCUT2D eigenvalue weighted by Crippen LogP contribution is 2.40. The summed E-state index contributed by atoms with van der Waals surface area (Å²) in [5.74, 6) is -0.380. The van der Waals surface area contributed by atoms with Crippen LogP contribution in [0.5, 0.6) is 0 Å². The third-order valence-electron chi connectivity index (χ3n) is 4.37. The predicted octanol–water partition coefficient (Wildman–Crippen LogP) is 3.60. The average Bonchev–Trinajstić information content (AvgIpc) is 3.09. The lowest BCUT2D eigenvalue weighted by Crippen LogP contribution is -2.31. The predicted molar refractivity (Wildman–Crippen MR) is 92.3 cm³/mol. The summed E-state index contributed by atoms with van der Waals surface area (Å²) in [5.41, 5.74) is 1.95. The Morgan fingerprint density at radius 3 is 2.40 bits per heavy atom. The van der Waals surface area contributed by atoms with Gasteiger partial charge in [0.1, 0.15) is 5.76 Å². The van der Waals surface area contributed by atoms with Crippen molar-refractivity contribution in [2.24, 2.45) is 0 Å². The molecule has 1 amide bonds. The summed E-state index contributed by atoms with van der Waals surface area (Å²) < 4.78 is 5.06. The van der Waals surface area contributed by atoms with Crippen molar-refractivity contribution in [1.29, 1.82) is 0 Å². The van der Waals surface area contributed by atoms with Crippen molar-refractivity contribution in [1.82, 2.24) is 5.16 Å². The number of hydrogen-bond acceptors (Lipinski definition) is 5. The number of aryl methyl sites for hydroxylation is 1. The Balaban J connectivity index is 2.12. The number of hydrogen-bond donors (Lipinski definition) is 1. The molecule has 0 saturated heterocycles. The molecule has 1 aromatic carbocycles. The third-order valence-corrected chi connectivity index (χ3v) is 4.37. The van der Waals surface area contributed by atoms with Gasteiger partial charge >= 0.3 is 0 Å². The van der Waals surface area contributed by atoms with Gasteiger partial charge in [0.25, 0.3) is 5.91 Å². The van der Waals surface area contributed by atoms with Gasteiger partial charge in [-0.15, -0.1) is 0 Å². The first-order chi connectivity index (χ1) is 11.8. The molecule has 1 atom stereocenters. The van der Waals surface area contributed by atoms with Gasteiger partial charge in [-0.3, -0.25) is 14.5 Å². The van der Waals surface area contributed by atoms with Crippen LogP contribution in [-0.2, 0) is 9.59 Å². The van der Waals surface area contributed by atoms with Crippen LogP contribution in [0, 0.1) is 6.92 Å². The van der Waals surface area contributed by atoms with Gasteiger partial charge in [-0.2, -0.15) is 0 Å². The molecular formula is C19H20N2O4. The Bertz CT molecular complexity index is 862. The minimum Gasteiger partial charge on any atom is -0.503 e. The molecule has 6 heteroatoms. The highest BCUT2D eigenvalue weighted by atomic mass is 16.5. The number of aromatic nitrogens is 1. The standard InChI is InChI=1S/C19H20N2O4/c1-10(2)13-5-7-14(8-6-13)17-16(12(4)22)18(23)19(24)21(17)15-9-11(3)25-20-15/h5-10,17,23H,1-4H3/t17-/m1/s1. The minimum absolute atomic E-state index is 0.0722. The lowest BCUT2D eigenvalue weighted by atomic mass is 9.94. The van der Waals surface area contributed by atoms with E-state index in [0.717, 1.165) is 11.1 Å². The normalized spacial score (nSPS) is 17.7. The fourth-order valence-electron chi connectivity index (χ4n) is 3.05. The molecule has 130 valence electrons. The van der Waals surface area contributed by atoms with Crippen molar-refractivity contribution >= 4 is 17.5 Å². The first-order valence-electron chi connectivity index (χ1n) is 8.12. The maximum absolute atomic E-state index is 12.6. The van der Waals surface area contributed by atoms with Crippen LogP contribution in [0.4, 0.5) is 5.82 Å². The van der Waals surface area contributed by atoms with Gasteiger partial charge in [0, 0.05) is 6.07 Å². The van der Waals surface area contributed by atoms with Crippen molar-refractivity contribution in [3.8, 4) is 0 Å². The summed E-state index contributed by atoms with van der Waals surface area (Å²) in [6.45, 7) is 7.23. The molecule has 1 aliphatic rings. The zero-order chi connectivity index (χ0) is 18.3. The van der Waals surface area contributed by atoms with E-state index in [9.17, 15) is 14.7 Å². The molecule has 0 aliphatic carbocycles. The molecule has 25 heavy (non-hydrogen) atoms. The second-order valence-corrected chi connectivity index (χ2v) is 6.51. The van der Waals surface area contributed by atoms with Crippen molar-refractivity contribution in [2.75, 3.05) is 4.90 Å². The smallest absolute Gasteiger partial charge is 0.295 e. The van der Waals surface area contributed by atoms with Crippen LogP contribution < -0.4 is 4.90 Å². The van der Waals surface area contributed by atoms with E-state index in [-0.39, 0.29) is 17.2 Å². The van der Waals surface area contributed by atoms with Crippen molar-refractivity contribution in [3.05, 3.63) is 58.6 Å². The van der Waals surface area contributed by atoms with E-state index in [1.54, 1.807) is 13.0 Å². The summed E-state index contributed by atoms with van der Waals surface area (Å²) in [5, 5.41) is 14.1. The molecule has 6 nitrogen and oxygen atoms in total. The number of benzene rings is 1.